The second-order valence-electron chi connectivity index (χ2n) is 4.17. The Kier molecular flexibility index (Phi) is 2.00. The van der Waals surface area contributed by atoms with E-state index < -0.39 is 12.3 Å². The van der Waals surface area contributed by atoms with Gasteiger partial charge in [-0.1, -0.05) is 6.92 Å². The van der Waals surface area contributed by atoms with Gasteiger partial charge in [-0.2, -0.15) is 8.78 Å². The minimum Gasteiger partial charge on any atom is -0.332 e. The van der Waals surface area contributed by atoms with Crippen molar-refractivity contribution in [2.24, 2.45) is 5.92 Å². The molecule has 1 aliphatic carbocycles. The van der Waals surface area contributed by atoms with Crippen molar-refractivity contribution in [3.63, 3.8) is 0 Å². The van der Waals surface area contributed by atoms with E-state index in [1.807, 2.05) is 0 Å². The van der Waals surface area contributed by atoms with Crippen LogP contribution in [0.2, 0.25) is 0 Å². The van der Waals surface area contributed by atoms with Crippen LogP contribution in [-0.4, -0.2) is 29.3 Å². The van der Waals surface area contributed by atoms with Gasteiger partial charge in [-0.15, -0.1) is 0 Å². The fraction of sp³-hybridized carbons (Fsp3) is 0.889. The van der Waals surface area contributed by atoms with Crippen LogP contribution in [0, 0.1) is 5.92 Å². The summed E-state index contributed by atoms with van der Waals surface area (Å²) in [6.07, 6.45) is -0.0918. The van der Waals surface area contributed by atoms with Gasteiger partial charge in [0.2, 0.25) is 0 Å². The van der Waals surface area contributed by atoms with Gasteiger partial charge in [-0.3, -0.25) is 4.79 Å². The Bertz CT molecular complexity index is 220. The summed E-state index contributed by atoms with van der Waals surface area (Å²) in [5.41, 5.74) is 0. The maximum absolute atomic E-state index is 12.1. The number of rotatable bonds is 1. The summed E-state index contributed by atoms with van der Waals surface area (Å²) >= 11 is 0. The highest BCUT2D eigenvalue weighted by Crippen LogP contribution is 2.41. The summed E-state index contributed by atoms with van der Waals surface area (Å²) in [5.74, 6) is -0.376. The lowest BCUT2D eigenvalue weighted by Crippen LogP contribution is -2.63. The molecular formula is C9H13F2NO. The first-order valence-corrected chi connectivity index (χ1v) is 4.70. The molecular weight excluding hydrogens is 176 g/mol. The van der Waals surface area contributed by atoms with Crippen LogP contribution < -0.4 is 0 Å². The quantitative estimate of drug-likeness (QED) is 0.614. The van der Waals surface area contributed by atoms with E-state index in [0.29, 0.717) is 5.92 Å². The number of carbonyl (C=O) groups is 1. The van der Waals surface area contributed by atoms with Crippen LogP contribution in [0.1, 0.15) is 26.2 Å². The lowest BCUT2D eigenvalue weighted by molar-refractivity contribution is -0.163. The van der Waals surface area contributed by atoms with E-state index in [4.69, 9.17) is 0 Å². The molecule has 0 N–H and O–H groups in total. The average Bonchev–Trinajstić information content (AvgIpc) is 2.03. The Morgan fingerprint density at radius 1 is 1.31 bits per heavy atom. The van der Waals surface area contributed by atoms with Crippen molar-refractivity contribution < 1.29 is 13.6 Å². The van der Waals surface area contributed by atoms with E-state index in [2.05, 4.69) is 6.92 Å². The standard InChI is InChI=1S/C9H13F2NO/c1-5-2-6-4-7(3-5)12(6)9(13)8(10)11/h5-8H,2-4H2,1H3. The number of hydrogen-bond acceptors (Lipinski definition) is 1. The lowest BCUT2D eigenvalue weighted by atomic mass is 9.74. The highest BCUT2D eigenvalue weighted by atomic mass is 19.3. The first-order valence-electron chi connectivity index (χ1n) is 4.70. The fourth-order valence-electron chi connectivity index (χ4n) is 2.62. The molecule has 3 fully saturated rings. The zero-order valence-electron chi connectivity index (χ0n) is 7.54. The molecule has 0 aromatic carbocycles. The maximum Gasteiger partial charge on any atom is 0.315 e. The first-order chi connectivity index (χ1) is 6.09. The molecule has 3 aliphatic rings. The molecule has 2 nitrogen and oxygen atoms in total. The number of halogens is 2. The number of alkyl halides is 2. The predicted molar refractivity (Wildman–Crippen MR) is 43.4 cm³/mol. The molecule has 13 heavy (non-hydrogen) atoms. The van der Waals surface area contributed by atoms with Crippen LogP contribution in [-0.2, 0) is 4.79 Å². The number of hydrogen-bond donors (Lipinski definition) is 0. The van der Waals surface area contributed by atoms with Gasteiger partial charge in [-0.05, 0) is 25.2 Å². The van der Waals surface area contributed by atoms with Gasteiger partial charge in [-0.25, -0.2) is 0 Å². The number of nitrogens with zero attached hydrogens (tertiary/aromatic N) is 1. The normalized spacial score (nSPS) is 37.5. The molecule has 1 saturated carbocycles. The minimum atomic E-state index is -2.82. The SMILES string of the molecule is CC1CC2CC(C1)N2C(=O)C(F)F. The van der Waals surface area contributed by atoms with Crippen LogP contribution in [0.4, 0.5) is 8.78 Å². The van der Waals surface area contributed by atoms with Crippen molar-refractivity contribution in [3.05, 3.63) is 0 Å². The summed E-state index contributed by atoms with van der Waals surface area (Å²) in [6, 6.07) is 0.213. The predicted octanol–water partition coefficient (Wildman–Crippen LogP) is 1.65. The number of amides is 1. The van der Waals surface area contributed by atoms with E-state index >= 15 is 0 Å². The number of carbonyl (C=O) groups excluding carboxylic acids is 1. The molecule has 0 radical (unpaired) electrons. The van der Waals surface area contributed by atoms with E-state index in [1.54, 1.807) is 0 Å². The summed E-state index contributed by atoms with van der Waals surface area (Å²) in [4.78, 5) is 12.4. The van der Waals surface area contributed by atoms with Crippen molar-refractivity contribution >= 4 is 5.91 Å². The van der Waals surface area contributed by atoms with Gasteiger partial charge >= 0.3 is 6.43 Å². The Balaban J connectivity index is 2.01. The van der Waals surface area contributed by atoms with Gasteiger partial charge < -0.3 is 4.90 Å². The Morgan fingerprint density at radius 3 is 2.31 bits per heavy atom. The van der Waals surface area contributed by atoms with Crippen molar-refractivity contribution in [2.45, 2.75) is 44.7 Å². The van der Waals surface area contributed by atoms with Gasteiger partial charge in [0, 0.05) is 12.1 Å². The summed E-state index contributed by atoms with van der Waals surface area (Å²) in [5, 5.41) is 0. The second kappa shape index (κ2) is 2.93. The van der Waals surface area contributed by atoms with Gasteiger partial charge in [0.15, 0.2) is 0 Å². The molecule has 2 unspecified atom stereocenters. The zero-order valence-corrected chi connectivity index (χ0v) is 7.54. The summed E-state index contributed by atoms with van der Waals surface area (Å²) < 4.78 is 24.2. The van der Waals surface area contributed by atoms with E-state index in [-0.39, 0.29) is 12.1 Å². The smallest absolute Gasteiger partial charge is 0.315 e. The molecule has 2 aliphatic heterocycles. The topological polar surface area (TPSA) is 20.3 Å². The van der Waals surface area contributed by atoms with Gasteiger partial charge in [0.25, 0.3) is 5.91 Å². The molecule has 4 heteroatoms. The monoisotopic (exact) mass is 189 g/mol. The Hall–Kier alpha value is -0.670. The molecule has 2 saturated heterocycles. The van der Waals surface area contributed by atoms with Crippen LogP contribution in [0.15, 0.2) is 0 Å². The van der Waals surface area contributed by atoms with Crippen LogP contribution >= 0.6 is 0 Å². The number of piperidine rings is 1. The molecule has 2 atom stereocenters. The fourth-order valence-corrected chi connectivity index (χ4v) is 2.62. The van der Waals surface area contributed by atoms with Crippen LogP contribution in [0.3, 0.4) is 0 Å². The van der Waals surface area contributed by atoms with Crippen LogP contribution in [0.25, 0.3) is 0 Å². The molecule has 2 bridgehead atoms. The summed E-state index contributed by atoms with van der Waals surface area (Å²) in [6.45, 7) is 2.11. The van der Waals surface area contributed by atoms with E-state index in [1.165, 1.54) is 4.90 Å². The Labute approximate surface area is 75.9 Å². The molecule has 3 rings (SSSR count). The van der Waals surface area contributed by atoms with Crippen molar-refractivity contribution in [3.8, 4) is 0 Å². The third-order valence-electron chi connectivity index (χ3n) is 3.12. The average molecular weight is 189 g/mol. The Morgan fingerprint density at radius 2 is 1.85 bits per heavy atom. The van der Waals surface area contributed by atoms with Gasteiger partial charge in [0.1, 0.15) is 0 Å². The van der Waals surface area contributed by atoms with E-state index in [0.717, 1.165) is 19.3 Å². The van der Waals surface area contributed by atoms with Crippen molar-refractivity contribution in [1.82, 2.24) is 4.90 Å². The third kappa shape index (κ3) is 1.32. The first kappa shape index (κ1) is 8.91. The maximum atomic E-state index is 12.1. The van der Waals surface area contributed by atoms with Gasteiger partial charge in [0.05, 0.1) is 0 Å². The highest BCUT2D eigenvalue weighted by Gasteiger charge is 2.48. The molecule has 0 aromatic rings. The molecule has 74 valence electrons. The zero-order chi connectivity index (χ0) is 9.59. The van der Waals surface area contributed by atoms with Crippen LogP contribution in [0.5, 0.6) is 0 Å². The molecule has 0 spiro atoms. The van der Waals surface area contributed by atoms with Crippen molar-refractivity contribution in [1.29, 1.82) is 0 Å². The highest BCUT2D eigenvalue weighted by molar-refractivity contribution is 5.81. The molecule has 1 amide bonds. The second-order valence-corrected chi connectivity index (χ2v) is 4.17. The lowest BCUT2D eigenvalue weighted by Gasteiger charge is -2.54. The third-order valence-corrected chi connectivity index (χ3v) is 3.12. The summed E-state index contributed by atoms with van der Waals surface area (Å²) in [7, 11) is 0. The molecule has 0 aromatic heterocycles. The number of fused-ring (bicyclic) bond motifs is 2. The minimum absolute atomic E-state index is 0.107. The van der Waals surface area contributed by atoms with Crippen molar-refractivity contribution in [2.75, 3.05) is 0 Å². The molecule has 2 heterocycles. The largest absolute Gasteiger partial charge is 0.332 e. The van der Waals surface area contributed by atoms with E-state index in [9.17, 15) is 13.6 Å².